The third-order valence-electron chi connectivity index (χ3n) is 2.79. The average molecular weight is 280 g/mol. The lowest BCUT2D eigenvalue weighted by Gasteiger charge is -2.07. The van der Waals surface area contributed by atoms with Gasteiger partial charge >= 0.3 is 5.97 Å². The Bertz CT molecular complexity index is 732. The van der Waals surface area contributed by atoms with E-state index in [-0.39, 0.29) is 12.3 Å². The average Bonchev–Trinajstić information content (AvgIpc) is 2.47. The highest BCUT2D eigenvalue weighted by atomic mass is 16.4. The fraction of sp³-hybridized carbons (Fsp3) is 0.0625. The first-order chi connectivity index (χ1) is 10.1. The van der Waals surface area contributed by atoms with Crippen molar-refractivity contribution in [3.8, 4) is 6.07 Å². The van der Waals surface area contributed by atoms with Gasteiger partial charge in [0.05, 0.1) is 18.1 Å². The van der Waals surface area contributed by atoms with Crippen LogP contribution in [0.5, 0.6) is 0 Å². The fourth-order valence-electron chi connectivity index (χ4n) is 1.87. The molecule has 0 radical (unpaired) electrons. The number of nitrogens with zero attached hydrogens (tertiary/aromatic N) is 1. The molecule has 0 aromatic heterocycles. The minimum absolute atomic E-state index is 0.104. The largest absolute Gasteiger partial charge is 0.481 e. The van der Waals surface area contributed by atoms with Gasteiger partial charge < -0.3 is 10.4 Å². The zero-order valence-corrected chi connectivity index (χ0v) is 11.0. The Morgan fingerprint density at radius 2 is 1.90 bits per heavy atom. The number of anilines is 1. The first kappa shape index (κ1) is 14.3. The Kier molecular flexibility index (Phi) is 4.32. The number of rotatable bonds is 4. The zero-order valence-electron chi connectivity index (χ0n) is 11.0. The molecule has 0 aliphatic rings. The lowest BCUT2D eigenvalue weighted by atomic mass is 10.1. The molecule has 0 bridgehead atoms. The maximum Gasteiger partial charge on any atom is 0.307 e. The van der Waals surface area contributed by atoms with E-state index in [1.807, 2.05) is 6.07 Å². The van der Waals surface area contributed by atoms with Crippen molar-refractivity contribution in [3.63, 3.8) is 0 Å². The molecule has 1 amide bonds. The normalized spacial score (nSPS) is 9.67. The molecule has 0 spiro atoms. The van der Waals surface area contributed by atoms with E-state index in [4.69, 9.17) is 10.4 Å². The molecule has 0 aliphatic carbocycles. The molecule has 0 unspecified atom stereocenters. The monoisotopic (exact) mass is 280 g/mol. The van der Waals surface area contributed by atoms with Gasteiger partial charge in [0.15, 0.2) is 0 Å². The van der Waals surface area contributed by atoms with Crippen molar-refractivity contribution in [2.75, 3.05) is 5.32 Å². The number of aliphatic carboxylic acids is 1. The van der Waals surface area contributed by atoms with Crippen LogP contribution in [0.4, 0.5) is 5.69 Å². The van der Waals surface area contributed by atoms with Crippen LogP contribution in [0.25, 0.3) is 0 Å². The van der Waals surface area contributed by atoms with Crippen LogP contribution in [0.1, 0.15) is 21.5 Å². The quantitative estimate of drug-likeness (QED) is 0.900. The maximum absolute atomic E-state index is 12.1. The van der Waals surface area contributed by atoms with Crippen molar-refractivity contribution in [2.24, 2.45) is 0 Å². The second-order valence-electron chi connectivity index (χ2n) is 4.42. The zero-order chi connectivity index (χ0) is 15.2. The SMILES string of the molecule is N#Cc1cccc(C(=O)Nc2cccc(CC(=O)O)c2)c1. The molecule has 0 saturated heterocycles. The molecule has 2 aromatic carbocycles. The number of carbonyl (C=O) groups is 2. The highest BCUT2D eigenvalue weighted by Gasteiger charge is 2.08. The van der Waals surface area contributed by atoms with Crippen molar-refractivity contribution < 1.29 is 14.7 Å². The lowest BCUT2D eigenvalue weighted by molar-refractivity contribution is -0.136. The number of amides is 1. The van der Waals surface area contributed by atoms with Crippen LogP contribution in [-0.4, -0.2) is 17.0 Å². The number of nitriles is 1. The highest BCUT2D eigenvalue weighted by Crippen LogP contribution is 2.13. The number of hydrogen-bond acceptors (Lipinski definition) is 3. The van der Waals surface area contributed by atoms with Gasteiger partial charge in [-0.25, -0.2) is 0 Å². The molecular weight excluding hydrogens is 268 g/mol. The molecule has 5 nitrogen and oxygen atoms in total. The van der Waals surface area contributed by atoms with Crippen LogP contribution in [-0.2, 0) is 11.2 Å². The van der Waals surface area contributed by atoms with Gasteiger partial charge in [0, 0.05) is 11.3 Å². The van der Waals surface area contributed by atoms with E-state index in [2.05, 4.69) is 5.32 Å². The second-order valence-corrected chi connectivity index (χ2v) is 4.42. The number of benzene rings is 2. The maximum atomic E-state index is 12.1. The molecule has 0 saturated carbocycles. The molecule has 2 aromatic rings. The number of carboxylic acid groups (broad SMARTS) is 1. The highest BCUT2D eigenvalue weighted by molar-refractivity contribution is 6.04. The lowest BCUT2D eigenvalue weighted by Crippen LogP contribution is -2.12. The topological polar surface area (TPSA) is 90.2 Å². The van der Waals surface area contributed by atoms with E-state index in [0.717, 1.165) is 0 Å². The van der Waals surface area contributed by atoms with Gasteiger partial charge in [-0.05, 0) is 35.9 Å². The minimum Gasteiger partial charge on any atom is -0.481 e. The number of nitrogens with one attached hydrogen (secondary N) is 1. The summed E-state index contributed by atoms with van der Waals surface area (Å²) in [4.78, 5) is 22.8. The smallest absolute Gasteiger partial charge is 0.307 e. The van der Waals surface area contributed by atoms with Crippen LogP contribution >= 0.6 is 0 Å². The van der Waals surface area contributed by atoms with E-state index < -0.39 is 5.97 Å². The van der Waals surface area contributed by atoms with Gasteiger partial charge in [0.2, 0.25) is 0 Å². The summed E-state index contributed by atoms with van der Waals surface area (Å²) in [6, 6.07) is 15.0. The van der Waals surface area contributed by atoms with Gasteiger partial charge in [-0.2, -0.15) is 5.26 Å². The number of hydrogen-bond donors (Lipinski definition) is 2. The Labute approximate surface area is 121 Å². The van der Waals surface area contributed by atoms with Crippen molar-refractivity contribution in [1.29, 1.82) is 5.26 Å². The van der Waals surface area contributed by atoms with E-state index in [9.17, 15) is 9.59 Å². The van der Waals surface area contributed by atoms with Crippen LogP contribution in [0.2, 0.25) is 0 Å². The summed E-state index contributed by atoms with van der Waals surface area (Å²) in [6.07, 6.45) is -0.104. The van der Waals surface area contributed by atoms with Gasteiger partial charge in [0.1, 0.15) is 0 Å². The molecule has 21 heavy (non-hydrogen) atoms. The summed E-state index contributed by atoms with van der Waals surface area (Å²) < 4.78 is 0. The Morgan fingerprint density at radius 3 is 2.62 bits per heavy atom. The second kappa shape index (κ2) is 6.35. The van der Waals surface area contributed by atoms with E-state index >= 15 is 0 Å². The van der Waals surface area contributed by atoms with Crippen molar-refractivity contribution in [2.45, 2.75) is 6.42 Å². The summed E-state index contributed by atoms with van der Waals surface area (Å²) in [5, 5.41) is 20.3. The van der Waals surface area contributed by atoms with E-state index in [1.165, 1.54) is 6.07 Å². The van der Waals surface area contributed by atoms with E-state index in [0.29, 0.717) is 22.4 Å². The van der Waals surface area contributed by atoms with Gasteiger partial charge in [-0.15, -0.1) is 0 Å². The van der Waals surface area contributed by atoms with Crippen LogP contribution < -0.4 is 5.32 Å². The Hall–Kier alpha value is -3.13. The first-order valence-electron chi connectivity index (χ1n) is 6.21. The van der Waals surface area contributed by atoms with Crippen LogP contribution in [0.15, 0.2) is 48.5 Å². The summed E-state index contributed by atoms with van der Waals surface area (Å²) in [6.45, 7) is 0. The molecule has 0 fully saturated rings. The molecule has 5 heteroatoms. The third kappa shape index (κ3) is 3.91. The van der Waals surface area contributed by atoms with Gasteiger partial charge in [-0.3, -0.25) is 9.59 Å². The minimum atomic E-state index is -0.930. The summed E-state index contributed by atoms with van der Waals surface area (Å²) in [7, 11) is 0. The Balaban J connectivity index is 2.15. The van der Waals surface area contributed by atoms with Crippen molar-refractivity contribution in [1.82, 2.24) is 0 Å². The molecule has 0 atom stereocenters. The van der Waals surface area contributed by atoms with Crippen molar-refractivity contribution in [3.05, 3.63) is 65.2 Å². The van der Waals surface area contributed by atoms with Crippen LogP contribution in [0.3, 0.4) is 0 Å². The fourth-order valence-corrected chi connectivity index (χ4v) is 1.87. The number of carbonyl (C=O) groups excluding carboxylic acids is 1. The van der Waals surface area contributed by atoms with Gasteiger partial charge in [0.25, 0.3) is 5.91 Å². The summed E-state index contributed by atoms with van der Waals surface area (Å²) >= 11 is 0. The molecule has 0 heterocycles. The predicted molar refractivity (Wildman–Crippen MR) is 76.9 cm³/mol. The number of carboxylic acids is 1. The standard InChI is InChI=1S/C16H12N2O3/c17-10-12-4-1-5-13(7-12)16(21)18-14-6-2-3-11(8-14)9-15(19)20/h1-8H,9H2,(H,18,21)(H,19,20). The third-order valence-corrected chi connectivity index (χ3v) is 2.79. The molecule has 104 valence electrons. The molecular formula is C16H12N2O3. The Morgan fingerprint density at radius 1 is 1.14 bits per heavy atom. The van der Waals surface area contributed by atoms with E-state index in [1.54, 1.807) is 42.5 Å². The first-order valence-corrected chi connectivity index (χ1v) is 6.21. The molecule has 2 rings (SSSR count). The summed E-state index contributed by atoms with van der Waals surface area (Å²) in [5.41, 5.74) is 1.90. The predicted octanol–water partition coefficient (Wildman–Crippen LogP) is 2.44. The molecule has 2 N–H and O–H groups in total. The summed E-state index contributed by atoms with van der Waals surface area (Å²) in [5.74, 6) is -1.28. The molecule has 0 aliphatic heterocycles. The van der Waals surface area contributed by atoms with Gasteiger partial charge in [-0.1, -0.05) is 18.2 Å². The van der Waals surface area contributed by atoms with Crippen LogP contribution in [0, 0.1) is 11.3 Å². The van der Waals surface area contributed by atoms with Crippen molar-refractivity contribution >= 4 is 17.6 Å².